The molecule has 3 atom stereocenters. The van der Waals surface area contributed by atoms with Gasteiger partial charge in [-0.3, -0.25) is 0 Å². The minimum atomic E-state index is -2.57. The normalized spacial score (nSPS) is 23.4. The molecule has 0 N–H and O–H groups in total. The van der Waals surface area contributed by atoms with Crippen LogP contribution in [0.3, 0.4) is 0 Å². The van der Waals surface area contributed by atoms with E-state index in [1.165, 1.54) is 10.4 Å². The van der Waals surface area contributed by atoms with Crippen molar-refractivity contribution < 1.29 is 13.9 Å². The Labute approximate surface area is 170 Å². The second-order valence-electron chi connectivity index (χ2n) is 8.45. The van der Waals surface area contributed by atoms with E-state index < -0.39 is 8.32 Å². The first-order valence-electron chi connectivity index (χ1n) is 10.0. The van der Waals surface area contributed by atoms with E-state index in [-0.39, 0.29) is 23.5 Å². The SMILES string of the molecule is C=CC1CC(O[Si](c2ccccc2)(c2ccccc2)C(C)(C)C)CC(OC)O1. The van der Waals surface area contributed by atoms with Gasteiger partial charge >= 0.3 is 0 Å². The Morgan fingerprint density at radius 3 is 1.93 bits per heavy atom. The lowest BCUT2D eigenvalue weighted by molar-refractivity contribution is -0.188. The molecule has 0 aliphatic carbocycles. The number of hydrogen-bond acceptors (Lipinski definition) is 3. The molecule has 1 fully saturated rings. The van der Waals surface area contributed by atoms with E-state index in [1.54, 1.807) is 7.11 Å². The highest BCUT2D eigenvalue weighted by molar-refractivity contribution is 6.99. The molecule has 0 radical (unpaired) electrons. The van der Waals surface area contributed by atoms with E-state index in [2.05, 4.69) is 88.0 Å². The molecule has 150 valence electrons. The summed E-state index contributed by atoms with van der Waals surface area (Å²) in [7, 11) is -0.876. The Kier molecular flexibility index (Phi) is 6.56. The van der Waals surface area contributed by atoms with Crippen LogP contribution in [0.5, 0.6) is 0 Å². The van der Waals surface area contributed by atoms with Gasteiger partial charge in [0.15, 0.2) is 6.29 Å². The van der Waals surface area contributed by atoms with Crippen molar-refractivity contribution in [1.29, 1.82) is 0 Å². The average molecular weight is 397 g/mol. The highest BCUT2D eigenvalue weighted by Gasteiger charge is 2.52. The van der Waals surface area contributed by atoms with E-state index in [1.807, 2.05) is 6.08 Å². The molecular formula is C24H32O3Si. The summed E-state index contributed by atoms with van der Waals surface area (Å²) in [4.78, 5) is 0. The number of ether oxygens (including phenoxy) is 2. The van der Waals surface area contributed by atoms with Gasteiger partial charge in [0.1, 0.15) is 0 Å². The van der Waals surface area contributed by atoms with E-state index in [0.717, 1.165) is 12.8 Å². The first-order valence-corrected chi connectivity index (χ1v) is 11.9. The Hall–Kier alpha value is -1.72. The van der Waals surface area contributed by atoms with Crippen molar-refractivity contribution >= 4 is 18.7 Å². The third-order valence-corrected chi connectivity index (χ3v) is 10.7. The van der Waals surface area contributed by atoms with Crippen LogP contribution in [0.1, 0.15) is 33.6 Å². The van der Waals surface area contributed by atoms with Crippen molar-refractivity contribution in [3.63, 3.8) is 0 Å². The topological polar surface area (TPSA) is 27.7 Å². The molecule has 4 heteroatoms. The third-order valence-electron chi connectivity index (χ3n) is 5.56. The molecule has 28 heavy (non-hydrogen) atoms. The summed E-state index contributed by atoms with van der Waals surface area (Å²) in [5.74, 6) is 0. The molecular weight excluding hydrogens is 364 g/mol. The molecule has 1 saturated heterocycles. The van der Waals surface area contributed by atoms with Gasteiger partial charge in [-0.1, -0.05) is 87.5 Å². The second kappa shape index (κ2) is 8.74. The lowest BCUT2D eigenvalue weighted by Crippen LogP contribution is -2.68. The monoisotopic (exact) mass is 396 g/mol. The van der Waals surface area contributed by atoms with Gasteiger partial charge in [0.25, 0.3) is 8.32 Å². The molecule has 3 nitrogen and oxygen atoms in total. The molecule has 1 heterocycles. The second-order valence-corrected chi connectivity index (χ2v) is 12.7. The van der Waals surface area contributed by atoms with Crippen molar-refractivity contribution in [2.75, 3.05) is 7.11 Å². The summed E-state index contributed by atoms with van der Waals surface area (Å²) in [5, 5.41) is 2.55. The van der Waals surface area contributed by atoms with Gasteiger partial charge in [-0.25, -0.2) is 0 Å². The Morgan fingerprint density at radius 1 is 0.964 bits per heavy atom. The molecule has 1 aliphatic heterocycles. The number of benzene rings is 2. The van der Waals surface area contributed by atoms with Crippen molar-refractivity contribution in [2.24, 2.45) is 0 Å². The number of rotatable bonds is 6. The zero-order chi connectivity index (χ0) is 20.2. The van der Waals surface area contributed by atoms with Crippen molar-refractivity contribution in [3.05, 3.63) is 73.3 Å². The van der Waals surface area contributed by atoms with Gasteiger partial charge < -0.3 is 13.9 Å². The zero-order valence-electron chi connectivity index (χ0n) is 17.4. The fourth-order valence-electron chi connectivity index (χ4n) is 4.22. The molecule has 1 aliphatic rings. The van der Waals surface area contributed by atoms with Crippen LogP contribution in [0, 0.1) is 0 Å². The first kappa shape index (κ1) is 21.0. The van der Waals surface area contributed by atoms with Crippen LogP contribution in [0.25, 0.3) is 0 Å². The van der Waals surface area contributed by atoms with Crippen LogP contribution in [-0.4, -0.2) is 33.9 Å². The highest BCUT2D eigenvalue weighted by atomic mass is 28.4. The minimum Gasteiger partial charge on any atom is -0.404 e. The lowest BCUT2D eigenvalue weighted by atomic mass is 10.1. The average Bonchev–Trinajstić information content (AvgIpc) is 2.72. The summed E-state index contributed by atoms with van der Waals surface area (Å²) in [6.07, 6.45) is 3.11. The number of hydrogen-bond donors (Lipinski definition) is 0. The molecule has 3 unspecified atom stereocenters. The summed E-state index contributed by atoms with van der Waals surface area (Å²) < 4.78 is 18.7. The maximum absolute atomic E-state index is 7.21. The van der Waals surface area contributed by atoms with Crippen LogP contribution in [0.2, 0.25) is 5.04 Å². The van der Waals surface area contributed by atoms with E-state index in [9.17, 15) is 0 Å². The third kappa shape index (κ3) is 4.15. The molecule has 3 rings (SSSR count). The van der Waals surface area contributed by atoms with Crippen LogP contribution >= 0.6 is 0 Å². The Morgan fingerprint density at radius 2 is 1.50 bits per heavy atom. The summed E-state index contributed by atoms with van der Waals surface area (Å²) in [6.45, 7) is 10.8. The molecule has 2 aromatic rings. The first-order chi connectivity index (χ1) is 13.4. The van der Waals surface area contributed by atoms with Crippen molar-refractivity contribution in [2.45, 2.75) is 57.1 Å². The number of methoxy groups -OCH3 is 1. The largest absolute Gasteiger partial charge is 0.404 e. The molecule has 0 bridgehead atoms. The molecule has 0 amide bonds. The van der Waals surface area contributed by atoms with Crippen LogP contribution < -0.4 is 10.4 Å². The Balaban J connectivity index is 2.09. The summed E-state index contributed by atoms with van der Waals surface area (Å²) in [5.41, 5.74) is 0. The van der Waals surface area contributed by atoms with Gasteiger partial charge in [0, 0.05) is 20.0 Å². The smallest absolute Gasteiger partial charge is 0.261 e. The zero-order valence-corrected chi connectivity index (χ0v) is 18.4. The van der Waals surface area contributed by atoms with Gasteiger partial charge in [0.05, 0.1) is 12.2 Å². The lowest BCUT2D eigenvalue weighted by Gasteiger charge is -2.47. The van der Waals surface area contributed by atoms with E-state index in [0.29, 0.717) is 0 Å². The van der Waals surface area contributed by atoms with E-state index >= 15 is 0 Å². The fraction of sp³-hybridized carbons (Fsp3) is 0.417. The van der Waals surface area contributed by atoms with Crippen LogP contribution in [-0.2, 0) is 13.9 Å². The van der Waals surface area contributed by atoms with Gasteiger partial charge in [0.2, 0.25) is 0 Å². The summed E-state index contributed by atoms with van der Waals surface area (Å²) >= 11 is 0. The van der Waals surface area contributed by atoms with Crippen molar-refractivity contribution in [3.8, 4) is 0 Å². The predicted octanol–water partition coefficient (Wildman–Crippen LogP) is 4.27. The standard InChI is InChI=1S/C24H32O3Si/c1-6-19-17-20(18-23(25-5)26-19)27-28(24(2,3)4,21-13-9-7-10-14-21)22-15-11-8-12-16-22/h6-16,19-20,23H,1,17-18H2,2-5H3. The van der Waals surface area contributed by atoms with Crippen LogP contribution in [0.4, 0.5) is 0 Å². The van der Waals surface area contributed by atoms with Crippen molar-refractivity contribution in [1.82, 2.24) is 0 Å². The predicted molar refractivity (Wildman–Crippen MR) is 118 cm³/mol. The van der Waals surface area contributed by atoms with Crippen LogP contribution in [0.15, 0.2) is 73.3 Å². The van der Waals surface area contributed by atoms with Gasteiger partial charge in [-0.2, -0.15) is 0 Å². The fourth-order valence-corrected chi connectivity index (χ4v) is 8.92. The quantitative estimate of drug-likeness (QED) is 0.539. The summed E-state index contributed by atoms with van der Waals surface area (Å²) in [6, 6.07) is 21.5. The van der Waals surface area contributed by atoms with Gasteiger partial charge in [-0.15, -0.1) is 6.58 Å². The maximum atomic E-state index is 7.21. The molecule has 2 aromatic carbocycles. The highest BCUT2D eigenvalue weighted by Crippen LogP contribution is 2.39. The maximum Gasteiger partial charge on any atom is 0.261 e. The molecule has 0 spiro atoms. The molecule has 0 aromatic heterocycles. The Bertz CT molecular complexity index is 715. The minimum absolute atomic E-state index is 0.0414. The van der Waals surface area contributed by atoms with E-state index in [4.69, 9.17) is 13.9 Å². The van der Waals surface area contributed by atoms with Gasteiger partial charge in [-0.05, 0) is 15.4 Å². The molecule has 0 saturated carbocycles.